The molecule has 0 aromatic heterocycles. The molecule has 1 aliphatic rings. The third kappa shape index (κ3) is 3.85. The molecule has 2 rings (SSSR count). The van der Waals surface area contributed by atoms with Crippen LogP contribution in [-0.4, -0.2) is 34.7 Å². The molecule has 1 saturated heterocycles. The van der Waals surface area contributed by atoms with Crippen LogP contribution in [0.4, 0.5) is 11.4 Å². The first-order valence-corrected chi connectivity index (χ1v) is 9.17. The van der Waals surface area contributed by atoms with Crippen molar-refractivity contribution in [3.8, 4) is 6.19 Å². The lowest BCUT2D eigenvalue weighted by Gasteiger charge is -2.32. The van der Waals surface area contributed by atoms with E-state index in [1.165, 1.54) is 17.8 Å². The number of hydrogen-bond acceptors (Lipinski definition) is 7. The van der Waals surface area contributed by atoms with E-state index in [4.69, 9.17) is 14.6 Å². The monoisotopic (exact) mass is 376 g/mol. The van der Waals surface area contributed by atoms with Crippen molar-refractivity contribution in [1.29, 1.82) is 5.26 Å². The lowest BCUT2D eigenvalue weighted by Crippen LogP contribution is -2.41. The molecule has 1 aromatic rings. The van der Waals surface area contributed by atoms with Crippen molar-refractivity contribution < 1.29 is 14.2 Å². The van der Waals surface area contributed by atoms with Gasteiger partial charge in [-0.1, -0.05) is 17.8 Å². The highest BCUT2D eigenvalue weighted by Crippen LogP contribution is 2.38. The van der Waals surface area contributed by atoms with Crippen molar-refractivity contribution in [2.24, 2.45) is 4.99 Å². The Hall–Kier alpha value is -2.09. The van der Waals surface area contributed by atoms with Crippen LogP contribution in [-0.2, 0) is 9.31 Å². The summed E-state index contributed by atoms with van der Waals surface area (Å²) < 4.78 is 12.0. The number of thioether (sulfide) groups is 1. The van der Waals surface area contributed by atoms with Crippen LogP contribution >= 0.6 is 11.8 Å². The first-order valence-electron chi connectivity index (χ1n) is 7.94. The average molecular weight is 376 g/mol. The van der Waals surface area contributed by atoms with Gasteiger partial charge in [-0.2, -0.15) is 5.26 Å². The normalized spacial score (nSPS) is 18.5. The molecule has 10 heteroatoms. The highest BCUT2D eigenvalue weighted by atomic mass is 32.2. The number of nitro benzene ring substituents is 1. The molecular formula is C16H21BN4O4S. The molecule has 0 spiro atoms. The average Bonchev–Trinajstić information content (AvgIpc) is 2.76. The molecule has 0 bridgehead atoms. The molecule has 1 aliphatic heterocycles. The van der Waals surface area contributed by atoms with Crippen molar-refractivity contribution in [2.75, 3.05) is 6.26 Å². The van der Waals surface area contributed by atoms with Gasteiger partial charge in [-0.05, 0) is 51.9 Å². The number of aliphatic imine (C=N–C) groups is 1. The Morgan fingerprint density at radius 3 is 2.38 bits per heavy atom. The van der Waals surface area contributed by atoms with Crippen molar-refractivity contribution in [3.63, 3.8) is 0 Å². The molecule has 0 aliphatic carbocycles. The van der Waals surface area contributed by atoms with Crippen LogP contribution in [0, 0.1) is 28.5 Å². The largest absolute Gasteiger partial charge is 0.495 e. The Labute approximate surface area is 157 Å². The molecule has 1 fully saturated rings. The number of nitrogens with zero attached hydrogens (tertiary/aromatic N) is 3. The lowest BCUT2D eigenvalue weighted by molar-refractivity contribution is -0.384. The van der Waals surface area contributed by atoms with Gasteiger partial charge in [-0.25, -0.2) is 4.99 Å². The Morgan fingerprint density at radius 1 is 1.35 bits per heavy atom. The number of benzene rings is 1. The fourth-order valence-electron chi connectivity index (χ4n) is 2.46. The summed E-state index contributed by atoms with van der Waals surface area (Å²) in [6.07, 6.45) is 3.50. The second kappa shape index (κ2) is 7.27. The van der Waals surface area contributed by atoms with Crippen LogP contribution in [0.5, 0.6) is 0 Å². The summed E-state index contributed by atoms with van der Waals surface area (Å²) in [5.74, 6) is 0. The van der Waals surface area contributed by atoms with Gasteiger partial charge in [-0.3, -0.25) is 15.4 Å². The molecule has 0 amide bonds. The number of aryl methyl sites for hydroxylation is 1. The molecule has 0 atom stereocenters. The first-order chi connectivity index (χ1) is 12.0. The van der Waals surface area contributed by atoms with Gasteiger partial charge in [0, 0.05) is 6.07 Å². The van der Waals surface area contributed by atoms with E-state index in [-0.39, 0.29) is 16.5 Å². The van der Waals surface area contributed by atoms with Crippen LogP contribution < -0.4 is 10.8 Å². The molecule has 1 aromatic carbocycles. The Bertz CT molecular complexity index is 788. The summed E-state index contributed by atoms with van der Waals surface area (Å²) in [6, 6.07) is 3.18. The van der Waals surface area contributed by atoms with E-state index in [9.17, 15) is 10.1 Å². The molecule has 0 saturated carbocycles. The van der Waals surface area contributed by atoms with Gasteiger partial charge in [0.25, 0.3) is 5.69 Å². The summed E-state index contributed by atoms with van der Waals surface area (Å²) in [4.78, 5) is 15.3. The van der Waals surface area contributed by atoms with E-state index in [0.717, 1.165) is 0 Å². The van der Waals surface area contributed by atoms with Crippen LogP contribution in [0.2, 0.25) is 0 Å². The summed E-state index contributed by atoms with van der Waals surface area (Å²) in [5, 5.41) is 23.0. The van der Waals surface area contributed by atoms with Gasteiger partial charge < -0.3 is 9.31 Å². The highest BCUT2D eigenvalue weighted by molar-refractivity contribution is 8.13. The Kier molecular flexibility index (Phi) is 5.65. The van der Waals surface area contributed by atoms with Crippen molar-refractivity contribution in [1.82, 2.24) is 5.32 Å². The summed E-state index contributed by atoms with van der Waals surface area (Å²) in [5.41, 5.74) is 0.101. The predicted molar refractivity (Wildman–Crippen MR) is 103 cm³/mol. The van der Waals surface area contributed by atoms with E-state index >= 15 is 0 Å². The Morgan fingerprint density at radius 2 is 1.92 bits per heavy atom. The fourth-order valence-corrected chi connectivity index (χ4v) is 2.79. The number of amidine groups is 1. The van der Waals surface area contributed by atoms with E-state index in [1.54, 1.807) is 25.4 Å². The maximum Gasteiger partial charge on any atom is 0.495 e. The van der Waals surface area contributed by atoms with Gasteiger partial charge in [0.15, 0.2) is 11.4 Å². The number of nitro groups is 1. The minimum absolute atomic E-state index is 0.166. The standard InChI is InChI=1S/C16H21BN4O4S/c1-10-7-11(17-24-15(2,3)16(4,5)25-17)8-12(21(22)23)13(10)20-14(26-6)19-9-18/h7-8H,1-6H3,(H,19,20). The van der Waals surface area contributed by atoms with Crippen LogP contribution in [0.1, 0.15) is 33.3 Å². The van der Waals surface area contributed by atoms with Crippen molar-refractivity contribution >= 4 is 40.9 Å². The lowest BCUT2D eigenvalue weighted by atomic mass is 9.78. The van der Waals surface area contributed by atoms with Gasteiger partial charge in [-0.15, -0.1) is 0 Å². The smallest absolute Gasteiger partial charge is 0.399 e. The third-order valence-corrected chi connectivity index (χ3v) is 5.17. The Balaban J connectivity index is 2.51. The quantitative estimate of drug-likeness (QED) is 0.164. The third-order valence-electron chi connectivity index (χ3n) is 4.59. The van der Waals surface area contributed by atoms with Crippen LogP contribution in [0.3, 0.4) is 0 Å². The summed E-state index contributed by atoms with van der Waals surface area (Å²) in [6.45, 7) is 9.41. The van der Waals surface area contributed by atoms with E-state index in [2.05, 4.69) is 10.3 Å². The molecule has 8 nitrogen and oxygen atoms in total. The van der Waals surface area contributed by atoms with E-state index in [1.807, 2.05) is 27.7 Å². The second-order valence-corrected chi connectivity index (χ2v) is 7.70. The zero-order valence-corrected chi connectivity index (χ0v) is 16.4. The van der Waals surface area contributed by atoms with Crippen LogP contribution in [0.15, 0.2) is 17.1 Å². The first kappa shape index (κ1) is 20.2. The predicted octanol–water partition coefficient (Wildman–Crippen LogP) is 2.62. The van der Waals surface area contributed by atoms with Crippen LogP contribution in [0.25, 0.3) is 0 Å². The summed E-state index contributed by atoms with van der Waals surface area (Å²) in [7, 11) is -0.701. The SMILES string of the molecule is CSC(=Nc1c(C)cc(B2OC(C)(C)C(C)(C)O2)cc1[N+](=O)[O-])NC#N. The minimum Gasteiger partial charge on any atom is -0.399 e. The number of nitrogens with one attached hydrogen (secondary N) is 1. The zero-order valence-electron chi connectivity index (χ0n) is 15.6. The molecule has 0 radical (unpaired) electrons. The number of nitriles is 1. The topological polar surface area (TPSA) is 110 Å². The fraction of sp³-hybridized carbons (Fsp3) is 0.500. The number of rotatable bonds is 3. The molecule has 1 heterocycles. The van der Waals surface area contributed by atoms with Gasteiger partial charge in [0.2, 0.25) is 0 Å². The van der Waals surface area contributed by atoms with E-state index in [0.29, 0.717) is 11.0 Å². The summed E-state index contributed by atoms with van der Waals surface area (Å²) >= 11 is 1.19. The molecule has 138 valence electrons. The molecule has 26 heavy (non-hydrogen) atoms. The maximum absolute atomic E-state index is 11.6. The molecular weight excluding hydrogens is 355 g/mol. The zero-order chi connectivity index (χ0) is 19.7. The molecule has 0 unspecified atom stereocenters. The van der Waals surface area contributed by atoms with E-state index < -0.39 is 23.2 Å². The molecule has 1 N–H and O–H groups in total. The maximum atomic E-state index is 11.6. The number of hydrogen-bond donors (Lipinski definition) is 1. The van der Waals surface area contributed by atoms with Gasteiger partial charge in [0.1, 0.15) is 5.69 Å². The minimum atomic E-state index is -0.701. The van der Waals surface area contributed by atoms with Gasteiger partial charge in [0.05, 0.1) is 16.1 Å². The van der Waals surface area contributed by atoms with Crippen molar-refractivity contribution in [2.45, 2.75) is 45.8 Å². The van der Waals surface area contributed by atoms with Gasteiger partial charge >= 0.3 is 7.12 Å². The van der Waals surface area contributed by atoms with Crippen molar-refractivity contribution in [3.05, 3.63) is 27.8 Å². The highest BCUT2D eigenvalue weighted by Gasteiger charge is 2.52. The second-order valence-electron chi connectivity index (χ2n) is 6.91.